The number of ether oxygens (including phenoxy) is 1. The van der Waals surface area contributed by atoms with Crippen molar-refractivity contribution >= 4 is 41.2 Å². The van der Waals surface area contributed by atoms with Gasteiger partial charge < -0.3 is 9.57 Å². The first-order chi connectivity index (χ1) is 12.8. The largest absolute Gasteiger partial charge is 0.442 e. The van der Waals surface area contributed by atoms with Crippen molar-refractivity contribution < 1.29 is 37.2 Å². The Balaban J connectivity index is 2.00. The number of rotatable bonds is 9. The summed E-state index contributed by atoms with van der Waals surface area (Å²) in [5.74, 6) is 0.520. The predicted molar refractivity (Wildman–Crippen MR) is 99.3 cm³/mol. The SMILES string of the molecule is Cc1ccc(O/C=N/OCc2cc(SOOO)cc(S(=O)(=O)O)c2)cc1S. The topological polar surface area (TPSA) is 124 Å². The molecule has 2 aromatic rings. The Hall–Kier alpha value is -1.80. The van der Waals surface area contributed by atoms with Crippen molar-refractivity contribution in [2.24, 2.45) is 5.16 Å². The lowest BCUT2D eigenvalue weighted by Crippen LogP contribution is -2.01. The van der Waals surface area contributed by atoms with Crippen LogP contribution in [0.25, 0.3) is 0 Å². The summed E-state index contributed by atoms with van der Waals surface area (Å²) < 4.78 is 41.3. The second kappa shape index (κ2) is 9.94. The van der Waals surface area contributed by atoms with Crippen LogP contribution in [0, 0.1) is 6.92 Å². The first-order valence-electron chi connectivity index (χ1n) is 7.16. The smallest absolute Gasteiger partial charge is 0.294 e. The lowest BCUT2D eigenvalue weighted by molar-refractivity contribution is -0.432. The molecule has 0 saturated carbocycles. The monoisotopic (exact) mass is 433 g/mol. The normalized spacial score (nSPS) is 11.7. The number of nitrogens with zero attached hydrogens (tertiary/aromatic N) is 1. The third-order valence-corrected chi connectivity index (χ3v) is 4.99. The Bertz CT molecular complexity index is 917. The lowest BCUT2D eigenvalue weighted by atomic mass is 10.2. The molecular formula is C15H15NO8S3. The number of aryl methyl sites for hydroxylation is 1. The third kappa shape index (κ3) is 7.03. The van der Waals surface area contributed by atoms with Crippen molar-refractivity contribution in [2.75, 3.05) is 0 Å². The van der Waals surface area contributed by atoms with Crippen LogP contribution in [0.3, 0.4) is 0 Å². The van der Waals surface area contributed by atoms with Crippen LogP contribution in [-0.4, -0.2) is 24.6 Å². The molecule has 0 heterocycles. The van der Waals surface area contributed by atoms with Crippen LogP contribution >= 0.6 is 24.7 Å². The Morgan fingerprint density at radius 1 is 1.26 bits per heavy atom. The van der Waals surface area contributed by atoms with Gasteiger partial charge >= 0.3 is 0 Å². The minimum atomic E-state index is -4.45. The number of oxime groups is 1. The van der Waals surface area contributed by atoms with Gasteiger partial charge in [-0.2, -0.15) is 8.42 Å². The average molecular weight is 433 g/mol. The van der Waals surface area contributed by atoms with Gasteiger partial charge in [0.2, 0.25) is 6.40 Å². The van der Waals surface area contributed by atoms with E-state index in [1.54, 1.807) is 12.1 Å². The molecule has 0 aromatic heterocycles. The average Bonchev–Trinajstić information content (AvgIpc) is 2.61. The maximum Gasteiger partial charge on any atom is 0.294 e. The van der Waals surface area contributed by atoms with Crippen LogP contribution in [0.1, 0.15) is 11.1 Å². The van der Waals surface area contributed by atoms with Gasteiger partial charge in [0.1, 0.15) is 12.4 Å². The molecule has 0 amide bonds. The van der Waals surface area contributed by atoms with E-state index in [4.69, 9.17) is 14.8 Å². The standard InChI is InChI=1S/C15H15NO8S3/c1-10-2-3-12(6-15(10)25)21-9-16-22-8-11-4-13(26-24-23-17)7-14(5-11)27(18,19)20/h2-7,9,17,25H,8H2,1H3,(H,18,19,20)/b16-9+. The summed E-state index contributed by atoms with van der Waals surface area (Å²) in [6.45, 7) is 1.79. The molecule has 2 rings (SSSR count). The van der Waals surface area contributed by atoms with Crippen molar-refractivity contribution in [3.63, 3.8) is 0 Å². The molecule has 0 aliphatic heterocycles. The zero-order valence-electron chi connectivity index (χ0n) is 13.8. The molecule has 27 heavy (non-hydrogen) atoms. The molecular weight excluding hydrogens is 418 g/mol. The van der Waals surface area contributed by atoms with Crippen LogP contribution < -0.4 is 4.74 Å². The molecule has 0 fully saturated rings. The highest BCUT2D eigenvalue weighted by atomic mass is 32.2. The van der Waals surface area contributed by atoms with Crippen LogP contribution in [0.15, 0.2) is 56.2 Å². The van der Waals surface area contributed by atoms with E-state index in [2.05, 4.69) is 27.2 Å². The summed E-state index contributed by atoms with van der Waals surface area (Å²) >= 11 is 4.82. The molecule has 146 valence electrons. The van der Waals surface area contributed by atoms with Gasteiger partial charge in [-0.15, -0.1) is 17.0 Å². The maximum atomic E-state index is 11.3. The summed E-state index contributed by atoms with van der Waals surface area (Å²) in [6.07, 6.45) is 1.07. The summed E-state index contributed by atoms with van der Waals surface area (Å²) in [5, 5.41) is 15.2. The summed E-state index contributed by atoms with van der Waals surface area (Å²) in [5.41, 5.74) is 1.36. The molecule has 2 aromatic carbocycles. The van der Waals surface area contributed by atoms with E-state index in [9.17, 15) is 13.0 Å². The Morgan fingerprint density at radius 3 is 2.70 bits per heavy atom. The predicted octanol–water partition coefficient (Wildman–Crippen LogP) is 3.50. The minimum Gasteiger partial charge on any atom is -0.442 e. The highest BCUT2D eigenvalue weighted by Gasteiger charge is 2.13. The van der Waals surface area contributed by atoms with Gasteiger partial charge in [0.25, 0.3) is 10.1 Å². The van der Waals surface area contributed by atoms with Crippen molar-refractivity contribution in [1.29, 1.82) is 0 Å². The molecule has 0 aliphatic carbocycles. The van der Waals surface area contributed by atoms with Crippen molar-refractivity contribution in [3.05, 3.63) is 47.5 Å². The number of thiol groups is 1. The first-order valence-corrected chi connectivity index (χ1v) is 9.79. The van der Waals surface area contributed by atoms with Gasteiger partial charge in [-0.1, -0.05) is 16.3 Å². The number of hydrogen-bond donors (Lipinski definition) is 3. The van der Waals surface area contributed by atoms with Gasteiger partial charge in [-0.3, -0.25) is 4.55 Å². The van der Waals surface area contributed by atoms with E-state index in [-0.39, 0.29) is 16.4 Å². The van der Waals surface area contributed by atoms with E-state index in [1.807, 2.05) is 13.0 Å². The van der Waals surface area contributed by atoms with Gasteiger partial charge in [-0.05, 0) is 48.4 Å². The summed E-state index contributed by atoms with van der Waals surface area (Å²) in [6, 6.07) is 9.10. The number of hydrogen-bond acceptors (Lipinski definition) is 10. The third-order valence-electron chi connectivity index (χ3n) is 3.12. The van der Waals surface area contributed by atoms with Crippen molar-refractivity contribution in [2.45, 2.75) is 28.2 Å². The lowest BCUT2D eigenvalue weighted by Gasteiger charge is -2.06. The first kappa shape index (κ1) is 21.5. The van der Waals surface area contributed by atoms with Gasteiger partial charge in [-0.25, -0.2) is 5.26 Å². The molecule has 0 unspecified atom stereocenters. The molecule has 0 radical (unpaired) electrons. The van der Waals surface area contributed by atoms with E-state index in [0.717, 1.165) is 22.9 Å². The fourth-order valence-corrected chi connectivity index (χ4v) is 3.19. The van der Waals surface area contributed by atoms with Gasteiger partial charge in [0.15, 0.2) is 0 Å². The molecule has 0 spiro atoms. The highest BCUT2D eigenvalue weighted by Crippen LogP contribution is 2.25. The van der Waals surface area contributed by atoms with Gasteiger partial charge in [0, 0.05) is 9.79 Å². The molecule has 0 atom stereocenters. The van der Waals surface area contributed by atoms with E-state index >= 15 is 0 Å². The molecule has 2 N–H and O–H groups in total. The van der Waals surface area contributed by atoms with Crippen LogP contribution in [-0.2, 0) is 30.9 Å². The zero-order chi connectivity index (χ0) is 19.9. The van der Waals surface area contributed by atoms with E-state index in [1.165, 1.54) is 12.1 Å². The van der Waals surface area contributed by atoms with Crippen molar-refractivity contribution in [1.82, 2.24) is 0 Å². The second-order valence-electron chi connectivity index (χ2n) is 5.06. The van der Waals surface area contributed by atoms with Crippen molar-refractivity contribution in [3.8, 4) is 5.75 Å². The van der Waals surface area contributed by atoms with Crippen LogP contribution in [0.2, 0.25) is 0 Å². The Morgan fingerprint density at radius 2 is 2.04 bits per heavy atom. The summed E-state index contributed by atoms with van der Waals surface area (Å²) in [7, 11) is -4.45. The molecule has 0 aliphatic rings. The van der Waals surface area contributed by atoms with E-state index < -0.39 is 10.1 Å². The van der Waals surface area contributed by atoms with E-state index in [0.29, 0.717) is 23.4 Å². The van der Waals surface area contributed by atoms with Crippen LogP contribution in [0.4, 0.5) is 0 Å². The molecule has 0 saturated heterocycles. The maximum absolute atomic E-state index is 11.3. The second-order valence-corrected chi connectivity index (χ2v) is 7.74. The van der Waals surface area contributed by atoms with Gasteiger partial charge in [0.05, 0.1) is 16.9 Å². The zero-order valence-corrected chi connectivity index (χ0v) is 16.3. The number of benzene rings is 2. The Labute approximate surface area is 165 Å². The molecule has 9 nitrogen and oxygen atoms in total. The fourth-order valence-electron chi connectivity index (χ4n) is 1.85. The highest BCUT2D eigenvalue weighted by molar-refractivity contribution is 7.94. The molecule has 12 heteroatoms. The van der Waals surface area contributed by atoms with Crippen LogP contribution in [0.5, 0.6) is 5.75 Å². The minimum absolute atomic E-state index is 0.123. The Kier molecular flexibility index (Phi) is 7.91. The molecule has 0 bridgehead atoms. The summed E-state index contributed by atoms with van der Waals surface area (Å²) in [4.78, 5) is 5.66. The fraction of sp³-hybridized carbons (Fsp3) is 0.133. The quantitative estimate of drug-likeness (QED) is 0.104.